The number of aliphatic hydroxyl groups is 4. The molecular weight excluding hydrogens is 484 g/mol. The van der Waals surface area contributed by atoms with Crippen molar-refractivity contribution in [3.05, 3.63) is 34.5 Å². The van der Waals surface area contributed by atoms with Gasteiger partial charge in [0, 0.05) is 17.7 Å². The predicted octanol–water partition coefficient (Wildman–Crippen LogP) is -0.227. The molecule has 0 amide bonds. The third-order valence-electron chi connectivity index (χ3n) is 5.74. The van der Waals surface area contributed by atoms with Gasteiger partial charge in [-0.2, -0.15) is 0 Å². The van der Waals surface area contributed by atoms with Crippen molar-refractivity contribution in [3.63, 3.8) is 0 Å². The van der Waals surface area contributed by atoms with Crippen LogP contribution in [-0.2, 0) is 4.74 Å². The van der Waals surface area contributed by atoms with E-state index in [-0.39, 0.29) is 39.5 Å². The molecule has 1 aromatic heterocycles. The molecule has 36 heavy (non-hydrogen) atoms. The maximum atomic E-state index is 13.5. The topological polar surface area (TPSA) is 209 Å². The minimum Gasteiger partial charge on any atom is -0.508 e. The van der Waals surface area contributed by atoms with Crippen LogP contribution in [0.3, 0.4) is 0 Å². The first kappa shape index (κ1) is 25.3. The van der Waals surface area contributed by atoms with Gasteiger partial charge in [-0.1, -0.05) is 0 Å². The summed E-state index contributed by atoms with van der Waals surface area (Å²) in [5.41, 5.74) is -1.12. The highest BCUT2D eigenvalue weighted by molar-refractivity contribution is 5.88. The van der Waals surface area contributed by atoms with Gasteiger partial charge < -0.3 is 59.1 Å². The van der Waals surface area contributed by atoms with Crippen molar-refractivity contribution in [2.24, 2.45) is 0 Å². The van der Waals surface area contributed by atoms with E-state index in [1.807, 2.05) is 0 Å². The van der Waals surface area contributed by atoms with E-state index in [1.54, 1.807) is 0 Å². The molecule has 2 aromatic carbocycles. The molecule has 0 unspecified atom stereocenters. The molecular formula is C23H24O13. The summed E-state index contributed by atoms with van der Waals surface area (Å²) in [5.74, 6) is -2.44. The molecule has 5 atom stereocenters. The first-order chi connectivity index (χ1) is 17.1. The lowest BCUT2D eigenvalue weighted by atomic mass is 9.99. The highest BCUT2D eigenvalue weighted by Gasteiger charge is 2.45. The second kappa shape index (κ2) is 9.72. The van der Waals surface area contributed by atoms with Crippen LogP contribution < -0.4 is 19.6 Å². The van der Waals surface area contributed by atoms with E-state index in [0.717, 1.165) is 12.1 Å². The third kappa shape index (κ3) is 4.23. The number of fused-ring (bicyclic) bond motifs is 1. The zero-order valence-electron chi connectivity index (χ0n) is 19.0. The second-order valence-electron chi connectivity index (χ2n) is 7.97. The van der Waals surface area contributed by atoms with E-state index < -0.39 is 60.0 Å². The molecule has 0 bridgehead atoms. The van der Waals surface area contributed by atoms with E-state index in [2.05, 4.69) is 0 Å². The number of benzene rings is 2. The molecule has 3 aromatic rings. The minimum atomic E-state index is -1.86. The molecule has 1 aliphatic rings. The molecule has 0 aliphatic carbocycles. The molecule has 13 heteroatoms. The number of hydrogen-bond donors (Lipinski definition) is 7. The van der Waals surface area contributed by atoms with Crippen LogP contribution in [0, 0.1) is 0 Å². The lowest BCUT2D eigenvalue weighted by Gasteiger charge is -2.39. The lowest BCUT2D eigenvalue weighted by Crippen LogP contribution is -2.60. The van der Waals surface area contributed by atoms with E-state index >= 15 is 0 Å². The summed E-state index contributed by atoms with van der Waals surface area (Å²) in [5, 5.41) is 70.1. The average Bonchev–Trinajstić information content (AvgIpc) is 2.85. The molecule has 2 heterocycles. The zero-order chi connectivity index (χ0) is 26.3. The van der Waals surface area contributed by atoms with Crippen molar-refractivity contribution in [2.75, 3.05) is 20.8 Å². The summed E-state index contributed by atoms with van der Waals surface area (Å²) in [6.07, 6.45) is -8.42. The van der Waals surface area contributed by atoms with Gasteiger partial charge in [0.25, 0.3) is 0 Å². The lowest BCUT2D eigenvalue weighted by molar-refractivity contribution is -0.277. The van der Waals surface area contributed by atoms with Gasteiger partial charge in [0.2, 0.25) is 23.2 Å². The number of aliphatic hydroxyl groups excluding tert-OH is 4. The van der Waals surface area contributed by atoms with Crippen molar-refractivity contribution in [2.45, 2.75) is 30.7 Å². The molecule has 13 nitrogen and oxygen atoms in total. The summed E-state index contributed by atoms with van der Waals surface area (Å²) >= 11 is 0. The first-order valence-electron chi connectivity index (χ1n) is 10.6. The van der Waals surface area contributed by atoms with Crippen molar-refractivity contribution >= 4 is 11.0 Å². The Bertz CT molecular complexity index is 1310. The van der Waals surface area contributed by atoms with Gasteiger partial charge in [-0.15, -0.1) is 0 Å². The van der Waals surface area contributed by atoms with Crippen LogP contribution in [0.15, 0.2) is 33.5 Å². The molecule has 194 valence electrons. The van der Waals surface area contributed by atoms with Gasteiger partial charge in [0.1, 0.15) is 46.9 Å². The van der Waals surface area contributed by atoms with E-state index in [1.165, 1.54) is 26.4 Å². The Hall–Kier alpha value is -3.75. The summed E-state index contributed by atoms with van der Waals surface area (Å²) in [4.78, 5) is 13.5. The number of methoxy groups -OCH3 is 2. The number of hydrogen-bond acceptors (Lipinski definition) is 13. The fourth-order valence-electron chi connectivity index (χ4n) is 3.87. The summed E-state index contributed by atoms with van der Waals surface area (Å²) < 4.78 is 27.1. The quantitative estimate of drug-likeness (QED) is 0.230. The Labute approximate surface area is 202 Å². The summed E-state index contributed by atoms with van der Waals surface area (Å²) in [6, 6.07) is 4.55. The van der Waals surface area contributed by atoms with Gasteiger partial charge in [-0.25, -0.2) is 0 Å². The molecule has 0 radical (unpaired) electrons. The number of rotatable bonds is 6. The largest absolute Gasteiger partial charge is 0.508 e. The Morgan fingerprint density at radius 2 is 1.56 bits per heavy atom. The standard InChI is InChI=1S/C23H24O13/c1-32-12-3-8(4-13(33-2)16(12)27)21-22(18(29)15-10(26)5-9(25)6-11(15)34-21)36-23-20(31)19(30)17(28)14(7-24)35-23/h3-6,14,17,19-20,23-28,30-31H,7H2,1-2H3/t14-,17-,19+,20+,23-/m0/s1. The van der Waals surface area contributed by atoms with E-state index in [0.29, 0.717) is 0 Å². The smallest absolute Gasteiger partial charge is 0.239 e. The van der Waals surface area contributed by atoms with Crippen LogP contribution in [-0.4, -0.2) is 87.3 Å². The van der Waals surface area contributed by atoms with Gasteiger partial charge in [-0.3, -0.25) is 4.79 Å². The van der Waals surface area contributed by atoms with E-state index in [9.17, 15) is 40.5 Å². The molecule has 1 fully saturated rings. The summed E-state index contributed by atoms with van der Waals surface area (Å²) in [7, 11) is 2.55. The highest BCUT2D eigenvalue weighted by atomic mass is 16.7. The van der Waals surface area contributed by atoms with Crippen LogP contribution in [0.2, 0.25) is 0 Å². The molecule has 1 saturated heterocycles. The Morgan fingerprint density at radius 1 is 0.917 bits per heavy atom. The molecule has 0 spiro atoms. The van der Waals surface area contributed by atoms with Gasteiger partial charge in [0.05, 0.1) is 20.8 Å². The highest BCUT2D eigenvalue weighted by Crippen LogP contribution is 2.43. The maximum Gasteiger partial charge on any atom is 0.239 e. The Balaban J connectivity index is 1.96. The Morgan fingerprint density at radius 3 is 2.14 bits per heavy atom. The molecule has 7 N–H and O–H groups in total. The number of aromatic hydroxyl groups is 3. The predicted molar refractivity (Wildman–Crippen MR) is 120 cm³/mol. The number of ether oxygens (including phenoxy) is 4. The summed E-state index contributed by atoms with van der Waals surface area (Å²) in [6.45, 7) is -0.740. The van der Waals surface area contributed by atoms with Crippen LogP contribution in [0.4, 0.5) is 0 Å². The number of phenols is 3. The van der Waals surface area contributed by atoms with Crippen LogP contribution in [0.25, 0.3) is 22.3 Å². The Kier molecular flexibility index (Phi) is 6.84. The van der Waals surface area contributed by atoms with Crippen molar-refractivity contribution < 1.29 is 59.1 Å². The molecule has 0 saturated carbocycles. The van der Waals surface area contributed by atoms with E-state index in [4.69, 9.17) is 23.4 Å². The normalized spacial score (nSPS) is 24.0. The maximum absolute atomic E-state index is 13.5. The van der Waals surface area contributed by atoms with Crippen LogP contribution in [0.5, 0.6) is 34.5 Å². The van der Waals surface area contributed by atoms with Crippen molar-refractivity contribution in [1.29, 1.82) is 0 Å². The zero-order valence-corrected chi connectivity index (χ0v) is 19.0. The van der Waals surface area contributed by atoms with Gasteiger partial charge in [0.15, 0.2) is 17.3 Å². The van der Waals surface area contributed by atoms with Gasteiger partial charge in [-0.05, 0) is 12.1 Å². The fraction of sp³-hybridized carbons (Fsp3) is 0.348. The average molecular weight is 508 g/mol. The van der Waals surface area contributed by atoms with Crippen molar-refractivity contribution in [3.8, 4) is 45.8 Å². The third-order valence-corrected chi connectivity index (χ3v) is 5.74. The first-order valence-corrected chi connectivity index (χ1v) is 10.6. The number of phenolic OH excluding ortho intramolecular Hbond substituents is 3. The fourth-order valence-corrected chi connectivity index (χ4v) is 3.87. The van der Waals surface area contributed by atoms with Crippen LogP contribution >= 0.6 is 0 Å². The van der Waals surface area contributed by atoms with Gasteiger partial charge >= 0.3 is 0 Å². The molecule has 4 rings (SSSR count). The second-order valence-corrected chi connectivity index (χ2v) is 7.97. The SMILES string of the molecule is COc1cc(-c2oc3cc(O)cc(O)c3c(=O)c2O[C@@H]2O[C@@H](CO)[C@H](O)[C@@H](O)[C@H]2O)cc(OC)c1O. The monoisotopic (exact) mass is 508 g/mol. The van der Waals surface area contributed by atoms with Crippen LogP contribution in [0.1, 0.15) is 0 Å². The minimum absolute atomic E-state index is 0.0651. The molecule has 1 aliphatic heterocycles. The van der Waals surface area contributed by atoms with Crippen molar-refractivity contribution in [1.82, 2.24) is 0 Å².